The average molecular weight is 153 g/mol. The summed E-state index contributed by atoms with van der Waals surface area (Å²) in [7, 11) is 0. The normalized spacial score (nSPS) is 17.1. The first-order valence-electron chi connectivity index (χ1n) is 3.32. The van der Waals surface area contributed by atoms with Crippen LogP contribution in [-0.4, -0.2) is 29.4 Å². The largest absolute Gasteiger partial charge is 0.447 e. The Bertz CT molecular complexity index is 257. The summed E-state index contributed by atoms with van der Waals surface area (Å²) in [5.41, 5.74) is 0. The van der Waals surface area contributed by atoms with Crippen LogP contribution in [0.3, 0.4) is 0 Å². The lowest BCUT2D eigenvalue weighted by atomic mass is 10.5. The van der Waals surface area contributed by atoms with Crippen molar-refractivity contribution in [1.29, 1.82) is 0 Å². The van der Waals surface area contributed by atoms with E-state index in [-0.39, 0.29) is 6.09 Å². The highest BCUT2D eigenvalue weighted by atomic mass is 16.6. The molecule has 0 atom stereocenters. The summed E-state index contributed by atoms with van der Waals surface area (Å²) in [5, 5.41) is 6.48. The van der Waals surface area contributed by atoms with E-state index in [1.807, 2.05) is 0 Å². The lowest BCUT2D eigenvalue weighted by Crippen LogP contribution is -2.23. The Kier molecular flexibility index (Phi) is 1.28. The van der Waals surface area contributed by atoms with E-state index in [1.54, 1.807) is 12.3 Å². The number of nitrogens with one attached hydrogen (secondary N) is 1. The van der Waals surface area contributed by atoms with Crippen molar-refractivity contribution in [2.24, 2.45) is 0 Å². The molecule has 0 spiro atoms. The molecule has 1 aromatic heterocycles. The molecule has 0 saturated carbocycles. The van der Waals surface area contributed by atoms with Crippen LogP contribution in [0, 0.1) is 0 Å². The maximum atomic E-state index is 10.9. The standard InChI is InChI=1S/C6H7N3O2/c10-6-9(3-4-11-6)5-1-2-7-8-5/h1-2H,3-4H2,(H,7,8). The quantitative estimate of drug-likeness (QED) is 0.634. The molecule has 1 aliphatic rings. The number of amides is 1. The molecular formula is C6H7N3O2. The molecule has 0 aliphatic carbocycles. The fourth-order valence-electron chi connectivity index (χ4n) is 1.00. The third-order valence-electron chi connectivity index (χ3n) is 1.52. The molecule has 1 saturated heterocycles. The van der Waals surface area contributed by atoms with Crippen molar-refractivity contribution in [2.45, 2.75) is 0 Å². The number of carbonyl (C=O) groups excluding carboxylic acids is 1. The Labute approximate surface area is 63.0 Å². The fourth-order valence-corrected chi connectivity index (χ4v) is 1.00. The minimum absolute atomic E-state index is 0.322. The molecule has 2 heterocycles. The van der Waals surface area contributed by atoms with Crippen molar-refractivity contribution in [1.82, 2.24) is 10.2 Å². The van der Waals surface area contributed by atoms with Crippen molar-refractivity contribution in [3.8, 4) is 0 Å². The molecule has 2 rings (SSSR count). The topological polar surface area (TPSA) is 58.2 Å². The van der Waals surface area contributed by atoms with E-state index in [2.05, 4.69) is 10.2 Å². The molecule has 11 heavy (non-hydrogen) atoms. The Morgan fingerprint density at radius 2 is 2.64 bits per heavy atom. The fraction of sp³-hybridized carbons (Fsp3) is 0.333. The Morgan fingerprint density at radius 1 is 1.73 bits per heavy atom. The number of nitrogens with zero attached hydrogens (tertiary/aromatic N) is 2. The number of aromatic nitrogens is 2. The van der Waals surface area contributed by atoms with Crippen molar-refractivity contribution in [3.63, 3.8) is 0 Å². The van der Waals surface area contributed by atoms with Crippen LogP contribution in [0.1, 0.15) is 0 Å². The van der Waals surface area contributed by atoms with E-state index in [0.29, 0.717) is 19.0 Å². The highest BCUT2D eigenvalue weighted by molar-refractivity contribution is 5.87. The molecule has 1 fully saturated rings. The molecule has 1 N–H and O–H groups in total. The second kappa shape index (κ2) is 2.26. The molecule has 0 bridgehead atoms. The van der Waals surface area contributed by atoms with Crippen molar-refractivity contribution in [2.75, 3.05) is 18.1 Å². The van der Waals surface area contributed by atoms with Gasteiger partial charge in [0.25, 0.3) is 0 Å². The summed E-state index contributed by atoms with van der Waals surface area (Å²) in [6.07, 6.45) is 1.35. The van der Waals surface area contributed by atoms with E-state index >= 15 is 0 Å². The summed E-state index contributed by atoms with van der Waals surface area (Å²) in [6.45, 7) is 1.04. The summed E-state index contributed by atoms with van der Waals surface area (Å²) in [6, 6.07) is 1.73. The highest BCUT2D eigenvalue weighted by Gasteiger charge is 2.24. The molecule has 0 radical (unpaired) electrons. The average Bonchev–Trinajstić information content (AvgIpc) is 2.55. The number of carbonyl (C=O) groups is 1. The molecule has 1 aromatic rings. The molecule has 1 amide bonds. The second-order valence-corrected chi connectivity index (χ2v) is 2.20. The lowest BCUT2D eigenvalue weighted by molar-refractivity contribution is 0.181. The Hall–Kier alpha value is -1.52. The van der Waals surface area contributed by atoms with Crippen LogP contribution in [0.5, 0.6) is 0 Å². The van der Waals surface area contributed by atoms with Gasteiger partial charge in [-0.05, 0) is 0 Å². The number of hydrogen-bond acceptors (Lipinski definition) is 3. The van der Waals surface area contributed by atoms with Crippen molar-refractivity contribution >= 4 is 11.9 Å². The number of ether oxygens (including phenoxy) is 1. The van der Waals surface area contributed by atoms with Crippen molar-refractivity contribution in [3.05, 3.63) is 12.3 Å². The van der Waals surface area contributed by atoms with Gasteiger partial charge in [0, 0.05) is 12.3 Å². The molecule has 1 aliphatic heterocycles. The third-order valence-corrected chi connectivity index (χ3v) is 1.52. The molecule has 58 valence electrons. The monoisotopic (exact) mass is 153 g/mol. The number of aromatic amines is 1. The number of rotatable bonds is 1. The van der Waals surface area contributed by atoms with Crippen molar-refractivity contribution < 1.29 is 9.53 Å². The van der Waals surface area contributed by atoms with Gasteiger partial charge < -0.3 is 4.74 Å². The van der Waals surface area contributed by atoms with Crippen LogP contribution >= 0.6 is 0 Å². The third kappa shape index (κ3) is 0.938. The van der Waals surface area contributed by atoms with Gasteiger partial charge in [-0.15, -0.1) is 0 Å². The summed E-state index contributed by atoms with van der Waals surface area (Å²) < 4.78 is 4.72. The Morgan fingerprint density at radius 3 is 3.18 bits per heavy atom. The maximum absolute atomic E-state index is 10.9. The maximum Gasteiger partial charge on any atom is 0.415 e. The first-order chi connectivity index (χ1) is 5.38. The Balaban J connectivity index is 2.23. The van der Waals surface area contributed by atoms with E-state index in [4.69, 9.17) is 4.74 Å². The zero-order valence-electron chi connectivity index (χ0n) is 5.78. The van der Waals surface area contributed by atoms with Crippen LogP contribution in [0.15, 0.2) is 12.3 Å². The van der Waals surface area contributed by atoms with Crippen LogP contribution < -0.4 is 4.90 Å². The molecule has 0 aromatic carbocycles. The van der Waals surface area contributed by atoms with Crippen LogP contribution in [-0.2, 0) is 4.74 Å². The van der Waals surface area contributed by atoms with Gasteiger partial charge in [-0.25, -0.2) is 4.79 Å². The van der Waals surface area contributed by atoms with E-state index < -0.39 is 0 Å². The predicted octanol–water partition coefficient (Wildman–Crippen LogP) is 0.366. The van der Waals surface area contributed by atoms with E-state index in [0.717, 1.165) is 0 Å². The first kappa shape index (κ1) is 6.21. The first-order valence-corrected chi connectivity index (χ1v) is 3.32. The molecule has 5 nitrogen and oxygen atoms in total. The number of hydrogen-bond donors (Lipinski definition) is 1. The van der Waals surface area contributed by atoms with Gasteiger partial charge in [-0.3, -0.25) is 10.00 Å². The van der Waals surface area contributed by atoms with Gasteiger partial charge in [0.1, 0.15) is 6.61 Å². The van der Waals surface area contributed by atoms with Gasteiger partial charge in [0.2, 0.25) is 0 Å². The van der Waals surface area contributed by atoms with Gasteiger partial charge >= 0.3 is 6.09 Å². The van der Waals surface area contributed by atoms with Crippen LogP contribution in [0.25, 0.3) is 0 Å². The van der Waals surface area contributed by atoms with Crippen LogP contribution in [0.4, 0.5) is 10.6 Å². The molecular weight excluding hydrogens is 146 g/mol. The summed E-state index contributed by atoms with van der Waals surface area (Å²) in [4.78, 5) is 12.4. The zero-order valence-corrected chi connectivity index (χ0v) is 5.78. The molecule has 0 unspecified atom stereocenters. The predicted molar refractivity (Wildman–Crippen MR) is 37.3 cm³/mol. The SMILES string of the molecule is O=C1OCCN1c1cc[nH]n1. The highest BCUT2D eigenvalue weighted by Crippen LogP contribution is 2.13. The minimum Gasteiger partial charge on any atom is -0.447 e. The second-order valence-electron chi connectivity index (χ2n) is 2.20. The van der Waals surface area contributed by atoms with Crippen LogP contribution in [0.2, 0.25) is 0 Å². The van der Waals surface area contributed by atoms with Gasteiger partial charge in [0.15, 0.2) is 5.82 Å². The lowest BCUT2D eigenvalue weighted by Gasteiger charge is -2.06. The van der Waals surface area contributed by atoms with E-state index in [9.17, 15) is 4.79 Å². The number of anilines is 1. The van der Waals surface area contributed by atoms with Gasteiger partial charge in [0.05, 0.1) is 6.54 Å². The number of H-pyrrole nitrogens is 1. The summed E-state index contributed by atoms with van der Waals surface area (Å²) in [5.74, 6) is 0.618. The summed E-state index contributed by atoms with van der Waals surface area (Å²) >= 11 is 0. The van der Waals surface area contributed by atoms with Gasteiger partial charge in [-0.2, -0.15) is 5.10 Å². The smallest absolute Gasteiger partial charge is 0.415 e. The number of cyclic esters (lactones) is 1. The molecule has 5 heteroatoms. The zero-order chi connectivity index (χ0) is 7.68. The van der Waals surface area contributed by atoms with Gasteiger partial charge in [-0.1, -0.05) is 0 Å². The minimum atomic E-state index is -0.322. The van der Waals surface area contributed by atoms with E-state index in [1.165, 1.54) is 4.90 Å².